The summed E-state index contributed by atoms with van der Waals surface area (Å²) < 4.78 is 0. The number of aliphatic hydroxyl groups is 1. The molecule has 0 radical (unpaired) electrons. The fraction of sp³-hybridized carbons (Fsp3) is 0.462. The van der Waals surface area contributed by atoms with Crippen LogP contribution < -0.4 is 5.32 Å². The van der Waals surface area contributed by atoms with E-state index in [2.05, 4.69) is 17.4 Å². The second-order valence-corrected chi connectivity index (χ2v) is 5.53. The Kier molecular flexibility index (Phi) is 5.04. The number of rotatable bonds is 6. The van der Waals surface area contributed by atoms with Crippen molar-refractivity contribution < 1.29 is 9.90 Å². The number of nitrogens with one attached hydrogen (secondary N) is 1. The molecule has 0 unspecified atom stereocenters. The SMILES string of the molecule is O=C(CN1CC(O)C1)NCCSc1ccccc1. The zero-order valence-electron chi connectivity index (χ0n) is 10.2. The van der Waals surface area contributed by atoms with Gasteiger partial charge in [-0.05, 0) is 12.1 Å². The Bertz CT molecular complexity index is 380. The molecule has 1 aromatic carbocycles. The lowest BCUT2D eigenvalue weighted by molar-refractivity contribution is -0.124. The Labute approximate surface area is 111 Å². The number of hydrogen-bond donors (Lipinski definition) is 2. The summed E-state index contributed by atoms with van der Waals surface area (Å²) in [6.45, 7) is 2.31. The summed E-state index contributed by atoms with van der Waals surface area (Å²) in [7, 11) is 0. The first kappa shape index (κ1) is 13.4. The molecule has 2 N–H and O–H groups in total. The summed E-state index contributed by atoms with van der Waals surface area (Å²) in [6.07, 6.45) is -0.244. The van der Waals surface area contributed by atoms with E-state index < -0.39 is 0 Å². The van der Waals surface area contributed by atoms with E-state index in [9.17, 15) is 4.79 Å². The minimum absolute atomic E-state index is 0.0376. The Balaban J connectivity index is 1.54. The first-order chi connectivity index (χ1) is 8.74. The van der Waals surface area contributed by atoms with Gasteiger partial charge in [-0.25, -0.2) is 0 Å². The number of hydrogen-bond acceptors (Lipinski definition) is 4. The molecular weight excluding hydrogens is 248 g/mol. The largest absolute Gasteiger partial charge is 0.390 e. The second-order valence-electron chi connectivity index (χ2n) is 4.36. The molecule has 1 fully saturated rings. The van der Waals surface area contributed by atoms with Gasteiger partial charge >= 0.3 is 0 Å². The molecule has 0 saturated carbocycles. The van der Waals surface area contributed by atoms with Crippen LogP contribution in [0.3, 0.4) is 0 Å². The third-order valence-electron chi connectivity index (χ3n) is 2.74. The van der Waals surface area contributed by atoms with Crippen LogP contribution in [0, 0.1) is 0 Å². The van der Waals surface area contributed by atoms with Gasteiger partial charge in [0.1, 0.15) is 0 Å². The lowest BCUT2D eigenvalue weighted by atomic mass is 10.2. The first-order valence-corrected chi connectivity index (χ1v) is 7.07. The summed E-state index contributed by atoms with van der Waals surface area (Å²) >= 11 is 1.73. The van der Waals surface area contributed by atoms with Crippen molar-refractivity contribution in [3.63, 3.8) is 0 Å². The highest BCUT2D eigenvalue weighted by atomic mass is 32.2. The molecule has 0 bridgehead atoms. The highest BCUT2D eigenvalue weighted by Gasteiger charge is 2.25. The van der Waals surface area contributed by atoms with Gasteiger partial charge in [-0.2, -0.15) is 0 Å². The molecule has 18 heavy (non-hydrogen) atoms. The topological polar surface area (TPSA) is 52.6 Å². The van der Waals surface area contributed by atoms with Crippen LogP contribution in [0.2, 0.25) is 0 Å². The van der Waals surface area contributed by atoms with Crippen LogP contribution in [0.15, 0.2) is 35.2 Å². The average Bonchev–Trinajstić information content (AvgIpc) is 2.34. The molecule has 1 aromatic rings. The van der Waals surface area contributed by atoms with E-state index in [1.165, 1.54) is 4.90 Å². The number of thioether (sulfide) groups is 1. The number of benzene rings is 1. The number of carbonyl (C=O) groups is 1. The van der Waals surface area contributed by atoms with Crippen molar-refractivity contribution in [2.45, 2.75) is 11.0 Å². The van der Waals surface area contributed by atoms with Crippen LogP contribution in [-0.2, 0) is 4.79 Å². The van der Waals surface area contributed by atoms with Gasteiger partial charge in [0.2, 0.25) is 5.91 Å². The number of β-amino-alcohol motifs (C(OH)–C–C–N with tert-alkyl or cyclic N) is 1. The van der Waals surface area contributed by atoms with E-state index in [1.807, 2.05) is 23.1 Å². The van der Waals surface area contributed by atoms with E-state index in [0.717, 1.165) is 5.75 Å². The third-order valence-corrected chi connectivity index (χ3v) is 3.76. The van der Waals surface area contributed by atoms with E-state index in [1.54, 1.807) is 11.8 Å². The number of likely N-dealkylation sites (tertiary alicyclic amines) is 1. The van der Waals surface area contributed by atoms with Crippen molar-refractivity contribution in [1.29, 1.82) is 0 Å². The summed E-state index contributed by atoms with van der Waals surface area (Å²) in [5.41, 5.74) is 0. The van der Waals surface area contributed by atoms with Crippen LogP contribution in [0.1, 0.15) is 0 Å². The Morgan fingerprint density at radius 3 is 2.78 bits per heavy atom. The minimum atomic E-state index is -0.244. The summed E-state index contributed by atoms with van der Waals surface area (Å²) in [6, 6.07) is 10.1. The lowest BCUT2D eigenvalue weighted by Crippen LogP contribution is -2.54. The minimum Gasteiger partial charge on any atom is -0.390 e. The van der Waals surface area contributed by atoms with E-state index in [4.69, 9.17) is 5.11 Å². The zero-order valence-corrected chi connectivity index (χ0v) is 11.0. The quantitative estimate of drug-likeness (QED) is 0.584. The molecule has 98 valence electrons. The van der Waals surface area contributed by atoms with Gasteiger partial charge in [0.15, 0.2) is 0 Å². The summed E-state index contributed by atoms with van der Waals surface area (Å²) in [5.74, 6) is 0.911. The smallest absolute Gasteiger partial charge is 0.234 e. The van der Waals surface area contributed by atoms with Crippen molar-refractivity contribution in [2.75, 3.05) is 31.9 Å². The number of aliphatic hydroxyl groups excluding tert-OH is 1. The summed E-state index contributed by atoms with van der Waals surface area (Å²) in [5, 5.41) is 12.0. The molecule has 0 atom stereocenters. The van der Waals surface area contributed by atoms with Crippen LogP contribution in [-0.4, -0.2) is 53.9 Å². The van der Waals surface area contributed by atoms with Crippen LogP contribution in [0.4, 0.5) is 0 Å². The van der Waals surface area contributed by atoms with Crippen molar-refractivity contribution in [3.05, 3.63) is 30.3 Å². The molecule has 1 amide bonds. The van der Waals surface area contributed by atoms with Crippen LogP contribution >= 0.6 is 11.8 Å². The van der Waals surface area contributed by atoms with Gasteiger partial charge in [0.25, 0.3) is 0 Å². The third kappa shape index (κ3) is 4.33. The van der Waals surface area contributed by atoms with Crippen molar-refractivity contribution in [3.8, 4) is 0 Å². The standard InChI is InChI=1S/C13H18N2O2S/c16-11-8-15(9-11)10-13(17)14-6-7-18-12-4-2-1-3-5-12/h1-5,11,16H,6-10H2,(H,14,17). The Morgan fingerprint density at radius 1 is 1.39 bits per heavy atom. The van der Waals surface area contributed by atoms with Crippen molar-refractivity contribution in [2.24, 2.45) is 0 Å². The molecule has 0 aromatic heterocycles. The van der Waals surface area contributed by atoms with Gasteiger partial charge in [0, 0.05) is 30.3 Å². The van der Waals surface area contributed by atoms with E-state index in [-0.39, 0.29) is 12.0 Å². The highest BCUT2D eigenvalue weighted by Crippen LogP contribution is 2.15. The molecule has 1 aliphatic rings. The average molecular weight is 266 g/mol. The molecule has 1 aliphatic heterocycles. The van der Waals surface area contributed by atoms with Gasteiger partial charge in [-0.1, -0.05) is 18.2 Å². The van der Waals surface area contributed by atoms with Crippen LogP contribution in [0.5, 0.6) is 0 Å². The number of nitrogens with zero attached hydrogens (tertiary/aromatic N) is 1. The van der Waals surface area contributed by atoms with E-state index >= 15 is 0 Å². The first-order valence-electron chi connectivity index (χ1n) is 6.09. The zero-order chi connectivity index (χ0) is 12.8. The van der Waals surface area contributed by atoms with Crippen molar-refractivity contribution in [1.82, 2.24) is 10.2 Å². The summed E-state index contributed by atoms with van der Waals surface area (Å²) in [4.78, 5) is 14.7. The highest BCUT2D eigenvalue weighted by molar-refractivity contribution is 7.99. The maximum atomic E-state index is 11.5. The van der Waals surface area contributed by atoms with Gasteiger partial charge < -0.3 is 10.4 Å². The molecule has 0 aliphatic carbocycles. The van der Waals surface area contributed by atoms with Gasteiger partial charge in [-0.15, -0.1) is 11.8 Å². The fourth-order valence-electron chi connectivity index (χ4n) is 1.81. The maximum Gasteiger partial charge on any atom is 0.234 e. The Morgan fingerprint density at radius 2 is 2.11 bits per heavy atom. The predicted molar refractivity (Wildman–Crippen MR) is 72.6 cm³/mol. The predicted octanol–water partition coefficient (Wildman–Crippen LogP) is 0.571. The fourth-order valence-corrected chi connectivity index (χ4v) is 2.60. The monoisotopic (exact) mass is 266 g/mol. The molecule has 2 rings (SSSR count). The number of amides is 1. The van der Waals surface area contributed by atoms with Gasteiger partial charge in [-0.3, -0.25) is 9.69 Å². The molecule has 1 heterocycles. The van der Waals surface area contributed by atoms with Crippen LogP contribution in [0.25, 0.3) is 0 Å². The Hall–Kier alpha value is -1.04. The molecule has 1 saturated heterocycles. The number of carbonyl (C=O) groups excluding carboxylic acids is 1. The normalized spacial score (nSPS) is 16.3. The second kappa shape index (κ2) is 6.78. The maximum absolute atomic E-state index is 11.5. The lowest BCUT2D eigenvalue weighted by Gasteiger charge is -2.34. The van der Waals surface area contributed by atoms with Crippen molar-refractivity contribution >= 4 is 17.7 Å². The van der Waals surface area contributed by atoms with E-state index in [0.29, 0.717) is 26.2 Å². The molecular formula is C13H18N2O2S. The molecule has 0 spiro atoms. The van der Waals surface area contributed by atoms with Gasteiger partial charge in [0.05, 0.1) is 12.6 Å². The molecule has 5 heteroatoms. The molecule has 4 nitrogen and oxygen atoms in total.